The van der Waals surface area contributed by atoms with Gasteiger partial charge in [0.15, 0.2) is 0 Å². The van der Waals surface area contributed by atoms with Crippen molar-refractivity contribution in [1.29, 1.82) is 0 Å². The molecule has 1 atom stereocenters. The maximum atomic E-state index is 12.1. The average Bonchev–Trinajstić information content (AvgIpc) is 2.66. The molecule has 1 aliphatic heterocycles. The molecular formula is C16H23NO. The molecule has 18 heavy (non-hydrogen) atoms. The second kappa shape index (κ2) is 6.58. The van der Waals surface area contributed by atoms with Gasteiger partial charge in [-0.15, -0.1) is 0 Å². The number of nitrogens with zero attached hydrogens (tertiary/aromatic N) is 1. The number of carbonyl (C=O) groups excluding carboxylic acids is 1. The molecule has 1 saturated heterocycles. The van der Waals surface area contributed by atoms with Gasteiger partial charge in [-0.2, -0.15) is 0 Å². The third-order valence-electron chi connectivity index (χ3n) is 3.76. The molecule has 1 aromatic rings. The minimum absolute atomic E-state index is 0.334. The Bertz CT molecular complexity index is 374. The number of rotatable bonds is 3. The average molecular weight is 245 g/mol. The van der Waals surface area contributed by atoms with Gasteiger partial charge < -0.3 is 4.90 Å². The van der Waals surface area contributed by atoms with E-state index in [1.807, 2.05) is 0 Å². The second-order valence-electron chi connectivity index (χ2n) is 5.19. The molecule has 1 aromatic carbocycles. The predicted molar refractivity (Wildman–Crippen MR) is 74.5 cm³/mol. The number of hydrogen-bond donors (Lipinski definition) is 0. The van der Waals surface area contributed by atoms with Crippen LogP contribution < -0.4 is 0 Å². The zero-order valence-corrected chi connectivity index (χ0v) is 11.3. The summed E-state index contributed by atoms with van der Waals surface area (Å²) in [7, 11) is 0. The topological polar surface area (TPSA) is 20.3 Å². The Morgan fingerprint density at radius 3 is 2.78 bits per heavy atom. The van der Waals surface area contributed by atoms with Crippen LogP contribution in [0.4, 0.5) is 0 Å². The SMILES string of the molecule is CCCC(=O)N1CCCCC(c2ccccc2)C1. The third-order valence-corrected chi connectivity index (χ3v) is 3.76. The Labute approximate surface area is 110 Å². The summed E-state index contributed by atoms with van der Waals surface area (Å²) in [6.45, 7) is 3.93. The van der Waals surface area contributed by atoms with E-state index in [2.05, 4.69) is 42.2 Å². The largest absolute Gasteiger partial charge is 0.342 e. The van der Waals surface area contributed by atoms with Crippen LogP contribution in [0.5, 0.6) is 0 Å². The first-order chi connectivity index (χ1) is 8.81. The van der Waals surface area contributed by atoms with Gasteiger partial charge in [0, 0.05) is 25.4 Å². The Morgan fingerprint density at radius 2 is 2.06 bits per heavy atom. The molecule has 2 nitrogen and oxygen atoms in total. The molecule has 0 N–H and O–H groups in total. The smallest absolute Gasteiger partial charge is 0.222 e. The minimum Gasteiger partial charge on any atom is -0.342 e. The highest BCUT2D eigenvalue weighted by Gasteiger charge is 2.22. The van der Waals surface area contributed by atoms with Gasteiger partial charge in [0.2, 0.25) is 5.91 Å². The molecule has 0 radical (unpaired) electrons. The third kappa shape index (κ3) is 3.34. The molecule has 1 fully saturated rings. The first-order valence-corrected chi connectivity index (χ1v) is 7.14. The van der Waals surface area contributed by atoms with Crippen molar-refractivity contribution >= 4 is 5.91 Å². The monoisotopic (exact) mass is 245 g/mol. The summed E-state index contributed by atoms with van der Waals surface area (Å²) in [6.07, 6.45) is 5.24. The maximum absolute atomic E-state index is 12.1. The van der Waals surface area contributed by atoms with Crippen LogP contribution in [0.25, 0.3) is 0 Å². The summed E-state index contributed by atoms with van der Waals surface area (Å²) in [6, 6.07) is 10.6. The summed E-state index contributed by atoms with van der Waals surface area (Å²) in [5, 5.41) is 0. The van der Waals surface area contributed by atoms with Crippen molar-refractivity contribution in [2.45, 2.75) is 44.9 Å². The van der Waals surface area contributed by atoms with E-state index < -0.39 is 0 Å². The van der Waals surface area contributed by atoms with Crippen LogP contribution in [0.2, 0.25) is 0 Å². The zero-order chi connectivity index (χ0) is 12.8. The van der Waals surface area contributed by atoms with E-state index in [9.17, 15) is 4.79 Å². The van der Waals surface area contributed by atoms with E-state index in [0.29, 0.717) is 18.2 Å². The second-order valence-corrected chi connectivity index (χ2v) is 5.19. The summed E-state index contributed by atoms with van der Waals surface area (Å²) >= 11 is 0. The Kier molecular flexibility index (Phi) is 4.80. The van der Waals surface area contributed by atoms with E-state index in [-0.39, 0.29) is 0 Å². The molecule has 1 unspecified atom stereocenters. The first kappa shape index (κ1) is 13.1. The Hall–Kier alpha value is -1.31. The quantitative estimate of drug-likeness (QED) is 0.797. The van der Waals surface area contributed by atoms with Gasteiger partial charge in [0.05, 0.1) is 0 Å². The van der Waals surface area contributed by atoms with E-state index >= 15 is 0 Å². The molecule has 2 heteroatoms. The molecule has 1 amide bonds. The van der Waals surface area contributed by atoms with Crippen molar-refractivity contribution in [1.82, 2.24) is 4.90 Å². The van der Waals surface area contributed by atoms with E-state index in [4.69, 9.17) is 0 Å². The Morgan fingerprint density at radius 1 is 1.28 bits per heavy atom. The fourth-order valence-corrected chi connectivity index (χ4v) is 2.74. The van der Waals surface area contributed by atoms with Crippen LogP contribution in [0, 0.1) is 0 Å². The number of hydrogen-bond acceptors (Lipinski definition) is 1. The van der Waals surface area contributed by atoms with Crippen LogP contribution >= 0.6 is 0 Å². The predicted octanol–water partition coefficient (Wildman–Crippen LogP) is 3.58. The molecule has 1 heterocycles. The summed E-state index contributed by atoms with van der Waals surface area (Å²) in [4.78, 5) is 14.1. The lowest BCUT2D eigenvalue weighted by Crippen LogP contribution is -2.33. The lowest BCUT2D eigenvalue weighted by atomic mass is 9.94. The van der Waals surface area contributed by atoms with Crippen molar-refractivity contribution in [2.75, 3.05) is 13.1 Å². The van der Waals surface area contributed by atoms with Gasteiger partial charge >= 0.3 is 0 Å². The molecule has 2 rings (SSSR count). The first-order valence-electron chi connectivity index (χ1n) is 7.14. The molecule has 0 bridgehead atoms. The van der Waals surface area contributed by atoms with E-state index in [1.165, 1.54) is 18.4 Å². The lowest BCUT2D eigenvalue weighted by molar-refractivity contribution is -0.131. The summed E-state index contributed by atoms with van der Waals surface area (Å²) < 4.78 is 0. The van der Waals surface area contributed by atoms with Crippen LogP contribution in [0.1, 0.15) is 50.5 Å². The number of carbonyl (C=O) groups is 1. The molecule has 98 valence electrons. The van der Waals surface area contributed by atoms with Crippen LogP contribution in [0.15, 0.2) is 30.3 Å². The van der Waals surface area contributed by atoms with Crippen molar-refractivity contribution in [2.24, 2.45) is 0 Å². The fourth-order valence-electron chi connectivity index (χ4n) is 2.74. The van der Waals surface area contributed by atoms with Crippen LogP contribution in [0.3, 0.4) is 0 Å². The number of amides is 1. The highest BCUT2D eigenvalue weighted by molar-refractivity contribution is 5.76. The number of likely N-dealkylation sites (tertiary alicyclic amines) is 1. The van der Waals surface area contributed by atoms with Crippen molar-refractivity contribution < 1.29 is 4.79 Å². The molecular weight excluding hydrogens is 222 g/mol. The minimum atomic E-state index is 0.334. The van der Waals surface area contributed by atoms with Gasteiger partial charge in [0.1, 0.15) is 0 Å². The fraction of sp³-hybridized carbons (Fsp3) is 0.562. The highest BCUT2D eigenvalue weighted by Crippen LogP contribution is 2.26. The summed E-state index contributed by atoms with van der Waals surface area (Å²) in [5.74, 6) is 0.856. The standard InChI is InChI=1S/C16H23NO/c1-2-8-16(18)17-12-7-6-11-15(13-17)14-9-4-3-5-10-14/h3-5,9-10,15H,2,6-8,11-13H2,1H3. The van der Waals surface area contributed by atoms with Gasteiger partial charge in [-0.1, -0.05) is 43.7 Å². The lowest BCUT2D eigenvalue weighted by Gasteiger charge is -2.24. The van der Waals surface area contributed by atoms with E-state index in [1.54, 1.807) is 0 Å². The molecule has 0 aromatic heterocycles. The van der Waals surface area contributed by atoms with Gasteiger partial charge in [-0.3, -0.25) is 4.79 Å². The molecule has 1 aliphatic rings. The molecule has 0 saturated carbocycles. The van der Waals surface area contributed by atoms with Crippen LogP contribution in [-0.2, 0) is 4.79 Å². The molecule has 0 aliphatic carbocycles. The molecule has 0 spiro atoms. The van der Waals surface area contributed by atoms with E-state index in [0.717, 1.165) is 25.9 Å². The van der Waals surface area contributed by atoms with Gasteiger partial charge in [-0.25, -0.2) is 0 Å². The summed E-state index contributed by atoms with van der Waals surface area (Å²) in [5.41, 5.74) is 1.38. The number of benzene rings is 1. The van der Waals surface area contributed by atoms with Gasteiger partial charge in [-0.05, 0) is 24.8 Å². The van der Waals surface area contributed by atoms with Gasteiger partial charge in [0.25, 0.3) is 0 Å². The Balaban J connectivity index is 2.06. The maximum Gasteiger partial charge on any atom is 0.222 e. The normalized spacial score (nSPS) is 20.5. The zero-order valence-electron chi connectivity index (χ0n) is 11.3. The van der Waals surface area contributed by atoms with Crippen LogP contribution in [-0.4, -0.2) is 23.9 Å². The van der Waals surface area contributed by atoms with Crippen molar-refractivity contribution in [3.63, 3.8) is 0 Å². The van der Waals surface area contributed by atoms with Crippen molar-refractivity contribution in [3.05, 3.63) is 35.9 Å². The highest BCUT2D eigenvalue weighted by atomic mass is 16.2. The van der Waals surface area contributed by atoms with Crippen molar-refractivity contribution in [3.8, 4) is 0 Å².